The third kappa shape index (κ3) is 2.95. The standard InChI is InChI=1S/C18H14N6O2/c1-26-13-4-2-11(3-5-13)14-10-20-16-15(21-14)17(24-23-16)22-18(25)12-6-8-19-9-7-12/h2-10H,1H3,(H2,20,22,23,24,25). The van der Waals surface area contributed by atoms with Crippen LogP contribution in [0.1, 0.15) is 10.4 Å². The van der Waals surface area contributed by atoms with E-state index >= 15 is 0 Å². The van der Waals surface area contributed by atoms with Crippen LogP contribution >= 0.6 is 0 Å². The van der Waals surface area contributed by atoms with Crippen LogP contribution in [0.4, 0.5) is 5.82 Å². The quantitative estimate of drug-likeness (QED) is 0.588. The Kier molecular flexibility index (Phi) is 3.98. The zero-order valence-electron chi connectivity index (χ0n) is 13.8. The molecule has 4 aromatic rings. The second-order valence-electron chi connectivity index (χ2n) is 5.44. The number of pyridine rings is 1. The van der Waals surface area contributed by atoms with E-state index in [9.17, 15) is 4.79 Å². The number of carbonyl (C=O) groups excluding carboxylic acids is 1. The van der Waals surface area contributed by atoms with Gasteiger partial charge in [0.25, 0.3) is 5.91 Å². The molecule has 8 heteroatoms. The number of anilines is 1. The number of benzene rings is 1. The van der Waals surface area contributed by atoms with Crippen LogP contribution in [0.25, 0.3) is 22.4 Å². The summed E-state index contributed by atoms with van der Waals surface area (Å²) in [6.07, 6.45) is 4.75. The summed E-state index contributed by atoms with van der Waals surface area (Å²) < 4.78 is 5.16. The smallest absolute Gasteiger partial charge is 0.256 e. The minimum absolute atomic E-state index is 0.283. The number of rotatable bonds is 4. The first kappa shape index (κ1) is 15.7. The fourth-order valence-corrected chi connectivity index (χ4v) is 2.47. The molecule has 0 aliphatic heterocycles. The average Bonchev–Trinajstić information content (AvgIpc) is 3.10. The van der Waals surface area contributed by atoms with Crippen LogP contribution < -0.4 is 10.1 Å². The van der Waals surface area contributed by atoms with Crippen molar-refractivity contribution in [2.45, 2.75) is 0 Å². The number of hydrogen-bond acceptors (Lipinski definition) is 6. The van der Waals surface area contributed by atoms with E-state index in [0.717, 1.165) is 11.3 Å². The summed E-state index contributed by atoms with van der Waals surface area (Å²) in [5.74, 6) is 0.871. The lowest BCUT2D eigenvalue weighted by molar-refractivity contribution is 0.102. The van der Waals surface area contributed by atoms with Crippen molar-refractivity contribution in [2.75, 3.05) is 12.4 Å². The highest BCUT2D eigenvalue weighted by Gasteiger charge is 2.14. The van der Waals surface area contributed by atoms with Crippen LogP contribution in [0.5, 0.6) is 5.75 Å². The van der Waals surface area contributed by atoms with E-state index in [4.69, 9.17) is 4.74 Å². The summed E-state index contributed by atoms with van der Waals surface area (Å²) in [7, 11) is 1.62. The molecular formula is C18H14N6O2. The normalized spacial score (nSPS) is 10.7. The van der Waals surface area contributed by atoms with E-state index in [2.05, 4.69) is 30.5 Å². The number of aromatic amines is 1. The summed E-state index contributed by atoms with van der Waals surface area (Å²) in [6.45, 7) is 0. The molecule has 0 radical (unpaired) electrons. The number of nitrogens with one attached hydrogen (secondary N) is 2. The molecule has 0 fully saturated rings. The molecular weight excluding hydrogens is 332 g/mol. The lowest BCUT2D eigenvalue weighted by atomic mass is 10.1. The Balaban J connectivity index is 1.67. The summed E-state index contributed by atoms with van der Waals surface area (Å²) in [5, 5.41) is 9.62. The number of nitrogens with zero attached hydrogens (tertiary/aromatic N) is 4. The Morgan fingerprint density at radius 2 is 1.88 bits per heavy atom. The second-order valence-corrected chi connectivity index (χ2v) is 5.44. The molecule has 3 heterocycles. The van der Waals surface area contributed by atoms with Crippen LogP contribution in [0, 0.1) is 0 Å². The Hall–Kier alpha value is -3.81. The number of ether oxygens (including phenoxy) is 1. The molecule has 0 saturated heterocycles. The van der Waals surface area contributed by atoms with Crippen LogP contribution in [-0.4, -0.2) is 38.2 Å². The van der Waals surface area contributed by atoms with E-state index in [1.165, 1.54) is 0 Å². The topological polar surface area (TPSA) is 106 Å². The number of H-pyrrole nitrogens is 1. The molecule has 1 amide bonds. The summed E-state index contributed by atoms with van der Waals surface area (Å²) in [5.41, 5.74) is 2.95. The van der Waals surface area contributed by atoms with E-state index in [1.54, 1.807) is 37.8 Å². The zero-order valence-corrected chi connectivity index (χ0v) is 13.8. The van der Waals surface area contributed by atoms with Crippen LogP contribution in [-0.2, 0) is 0 Å². The average molecular weight is 346 g/mol. The predicted molar refractivity (Wildman–Crippen MR) is 95.9 cm³/mol. The molecule has 3 aromatic heterocycles. The molecule has 1 aromatic carbocycles. The van der Waals surface area contributed by atoms with Gasteiger partial charge in [-0.15, -0.1) is 0 Å². The van der Waals surface area contributed by atoms with Gasteiger partial charge >= 0.3 is 0 Å². The van der Waals surface area contributed by atoms with E-state index < -0.39 is 0 Å². The van der Waals surface area contributed by atoms with Gasteiger partial charge in [0.05, 0.1) is 19.0 Å². The third-order valence-electron chi connectivity index (χ3n) is 3.83. The maximum absolute atomic E-state index is 12.3. The number of aromatic nitrogens is 5. The van der Waals surface area contributed by atoms with Crippen molar-refractivity contribution in [3.63, 3.8) is 0 Å². The van der Waals surface area contributed by atoms with Gasteiger partial charge in [-0.3, -0.25) is 14.9 Å². The molecule has 0 aliphatic carbocycles. The van der Waals surface area contributed by atoms with Crippen molar-refractivity contribution >= 4 is 22.9 Å². The van der Waals surface area contributed by atoms with Gasteiger partial charge in [0.2, 0.25) is 5.65 Å². The van der Waals surface area contributed by atoms with Gasteiger partial charge in [0.1, 0.15) is 5.75 Å². The number of hydrogen-bond donors (Lipinski definition) is 2. The largest absolute Gasteiger partial charge is 0.497 e. The Labute approximate surface area is 148 Å². The molecule has 0 unspecified atom stereocenters. The molecule has 8 nitrogen and oxygen atoms in total. The van der Waals surface area contributed by atoms with Crippen molar-refractivity contribution in [2.24, 2.45) is 0 Å². The third-order valence-corrected chi connectivity index (χ3v) is 3.83. The van der Waals surface area contributed by atoms with Crippen molar-refractivity contribution in [3.8, 4) is 17.0 Å². The first-order valence-electron chi connectivity index (χ1n) is 7.81. The lowest BCUT2D eigenvalue weighted by Crippen LogP contribution is -2.12. The highest BCUT2D eigenvalue weighted by atomic mass is 16.5. The number of methoxy groups -OCH3 is 1. The summed E-state index contributed by atoms with van der Waals surface area (Å²) in [6, 6.07) is 10.7. The first-order valence-corrected chi connectivity index (χ1v) is 7.81. The van der Waals surface area contributed by atoms with Gasteiger partial charge < -0.3 is 10.1 Å². The van der Waals surface area contributed by atoms with E-state index in [-0.39, 0.29) is 5.91 Å². The summed E-state index contributed by atoms with van der Waals surface area (Å²) >= 11 is 0. The van der Waals surface area contributed by atoms with Gasteiger partial charge in [0, 0.05) is 23.5 Å². The van der Waals surface area contributed by atoms with Gasteiger partial charge in [0.15, 0.2) is 11.3 Å². The first-order chi connectivity index (χ1) is 12.7. The molecule has 0 bridgehead atoms. The van der Waals surface area contributed by atoms with Crippen molar-refractivity contribution in [3.05, 3.63) is 60.6 Å². The minimum atomic E-state index is -0.283. The number of amides is 1. The Morgan fingerprint density at radius 3 is 2.62 bits per heavy atom. The Morgan fingerprint density at radius 1 is 1.12 bits per heavy atom. The van der Waals surface area contributed by atoms with Crippen molar-refractivity contribution in [1.82, 2.24) is 25.1 Å². The van der Waals surface area contributed by atoms with Crippen LogP contribution in [0.3, 0.4) is 0 Å². The lowest BCUT2D eigenvalue weighted by Gasteiger charge is -2.04. The molecule has 0 atom stereocenters. The molecule has 0 spiro atoms. The molecule has 26 heavy (non-hydrogen) atoms. The highest BCUT2D eigenvalue weighted by molar-refractivity contribution is 6.06. The van der Waals surface area contributed by atoms with Crippen molar-refractivity contribution in [1.29, 1.82) is 0 Å². The van der Waals surface area contributed by atoms with Crippen LogP contribution in [0.2, 0.25) is 0 Å². The van der Waals surface area contributed by atoms with E-state index in [0.29, 0.717) is 28.2 Å². The van der Waals surface area contributed by atoms with Gasteiger partial charge in [-0.05, 0) is 36.4 Å². The van der Waals surface area contributed by atoms with Gasteiger partial charge in [-0.25, -0.2) is 9.97 Å². The number of fused-ring (bicyclic) bond motifs is 1. The van der Waals surface area contributed by atoms with Crippen LogP contribution in [0.15, 0.2) is 55.0 Å². The predicted octanol–water partition coefficient (Wildman–Crippen LogP) is 2.68. The van der Waals surface area contributed by atoms with Gasteiger partial charge in [-0.1, -0.05) is 0 Å². The zero-order chi connectivity index (χ0) is 17.9. The monoisotopic (exact) mass is 346 g/mol. The maximum Gasteiger partial charge on any atom is 0.256 e. The summed E-state index contributed by atoms with van der Waals surface area (Å²) in [4.78, 5) is 25.1. The molecule has 0 aliphatic rings. The molecule has 4 rings (SSSR count). The van der Waals surface area contributed by atoms with Gasteiger partial charge in [-0.2, -0.15) is 5.10 Å². The Bertz CT molecular complexity index is 1060. The SMILES string of the molecule is COc1ccc(-c2cnc3n[nH]c(NC(=O)c4ccncc4)c3n2)cc1. The van der Waals surface area contributed by atoms with E-state index in [1.807, 2.05) is 24.3 Å². The van der Waals surface area contributed by atoms with Crippen molar-refractivity contribution < 1.29 is 9.53 Å². The second kappa shape index (κ2) is 6.60. The fourth-order valence-electron chi connectivity index (χ4n) is 2.47. The molecule has 128 valence electrons. The minimum Gasteiger partial charge on any atom is -0.497 e. The maximum atomic E-state index is 12.3. The number of carbonyl (C=O) groups is 1. The fraction of sp³-hybridized carbons (Fsp3) is 0.0556. The molecule has 2 N–H and O–H groups in total. The molecule has 0 saturated carbocycles. The highest BCUT2D eigenvalue weighted by Crippen LogP contribution is 2.24.